The van der Waals surface area contributed by atoms with Crippen LogP contribution in [0.1, 0.15) is 5.56 Å². The maximum Gasteiger partial charge on any atom is 0.387 e. The minimum atomic E-state index is -2.96. The highest BCUT2D eigenvalue weighted by Gasteiger charge is 2.08. The predicted molar refractivity (Wildman–Crippen MR) is 69.9 cm³/mol. The van der Waals surface area contributed by atoms with Gasteiger partial charge in [-0.05, 0) is 18.2 Å². The van der Waals surface area contributed by atoms with E-state index in [1.165, 1.54) is 12.1 Å². The second kappa shape index (κ2) is 6.81. The van der Waals surface area contributed by atoms with Gasteiger partial charge in [0.1, 0.15) is 11.6 Å². The molecule has 6 heteroatoms. The van der Waals surface area contributed by atoms with Crippen LogP contribution in [0.2, 0.25) is 0 Å². The first-order valence-corrected chi connectivity index (χ1v) is 5.92. The number of benzene rings is 2. The highest BCUT2D eigenvalue weighted by Crippen LogP contribution is 2.18. The van der Waals surface area contributed by atoms with E-state index in [1.807, 2.05) is 30.3 Å². The third-order valence-electron chi connectivity index (χ3n) is 2.54. The van der Waals surface area contributed by atoms with Crippen molar-refractivity contribution < 1.29 is 17.9 Å². The van der Waals surface area contributed by atoms with Gasteiger partial charge in [-0.25, -0.2) is 9.82 Å². The zero-order valence-electron chi connectivity index (χ0n) is 10.4. The number of anilines is 1. The van der Waals surface area contributed by atoms with Gasteiger partial charge in [0.2, 0.25) is 0 Å². The van der Waals surface area contributed by atoms with Gasteiger partial charge in [0.05, 0.1) is 0 Å². The van der Waals surface area contributed by atoms with E-state index in [0.29, 0.717) is 5.56 Å². The molecule has 0 aliphatic carbocycles. The van der Waals surface area contributed by atoms with Gasteiger partial charge in [-0.1, -0.05) is 24.3 Å². The summed E-state index contributed by atoms with van der Waals surface area (Å²) in [5, 5.41) is 0. The molecule has 0 aliphatic heterocycles. The van der Waals surface area contributed by atoms with Crippen molar-refractivity contribution in [3.05, 3.63) is 59.9 Å². The van der Waals surface area contributed by atoms with E-state index >= 15 is 0 Å². The first kappa shape index (κ1) is 14.2. The smallest absolute Gasteiger partial charge is 0.387 e. The zero-order valence-corrected chi connectivity index (χ0v) is 10.4. The van der Waals surface area contributed by atoms with E-state index in [4.69, 9.17) is 0 Å². The van der Waals surface area contributed by atoms with Crippen LogP contribution in [0.15, 0.2) is 48.5 Å². The second-order valence-electron chi connectivity index (χ2n) is 3.98. The molecule has 3 nitrogen and oxygen atoms in total. The Balaban J connectivity index is 1.90. The lowest BCUT2D eigenvalue weighted by atomic mass is 10.2. The Kier molecular flexibility index (Phi) is 4.84. The van der Waals surface area contributed by atoms with Crippen molar-refractivity contribution in [1.29, 1.82) is 0 Å². The predicted octanol–water partition coefficient (Wildman–Crippen LogP) is 3.54. The third kappa shape index (κ3) is 4.17. The van der Waals surface area contributed by atoms with Crippen LogP contribution in [-0.4, -0.2) is 6.61 Å². The summed E-state index contributed by atoms with van der Waals surface area (Å²) < 4.78 is 41.7. The normalized spacial score (nSPS) is 10.6. The molecule has 0 aliphatic rings. The van der Waals surface area contributed by atoms with Gasteiger partial charge in [0.25, 0.3) is 0 Å². The van der Waals surface area contributed by atoms with E-state index in [-0.39, 0.29) is 12.3 Å². The molecule has 2 rings (SSSR count). The van der Waals surface area contributed by atoms with Gasteiger partial charge in [-0.15, -0.1) is 0 Å². The molecule has 0 saturated heterocycles. The summed E-state index contributed by atoms with van der Waals surface area (Å²) in [7, 11) is 0. The van der Waals surface area contributed by atoms with Crippen LogP contribution in [0, 0.1) is 5.82 Å². The molecule has 0 saturated carbocycles. The van der Waals surface area contributed by atoms with E-state index in [0.717, 1.165) is 11.8 Å². The molecule has 0 atom stereocenters. The van der Waals surface area contributed by atoms with Crippen LogP contribution < -0.4 is 15.6 Å². The monoisotopic (exact) mass is 282 g/mol. The van der Waals surface area contributed by atoms with Crippen molar-refractivity contribution in [2.45, 2.75) is 13.2 Å². The molecule has 0 bridgehead atoms. The SMILES string of the molecule is Fc1cc(OC(F)F)ccc1CNNc1ccccc1. The van der Waals surface area contributed by atoms with Crippen molar-refractivity contribution in [2.75, 3.05) is 5.43 Å². The quantitative estimate of drug-likeness (QED) is 0.795. The molecule has 20 heavy (non-hydrogen) atoms. The molecular weight excluding hydrogens is 269 g/mol. The standard InChI is InChI=1S/C14H13F3N2O/c15-13-8-12(20-14(16)17)7-6-10(13)9-18-19-11-4-2-1-3-5-11/h1-8,14,18-19H,9H2. The summed E-state index contributed by atoms with van der Waals surface area (Å²) >= 11 is 0. The number of hydrazine groups is 1. The lowest BCUT2D eigenvalue weighted by Gasteiger charge is -2.10. The van der Waals surface area contributed by atoms with Crippen molar-refractivity contribution in [2.24, 2.45) is 0 Å². The second-order valence-corrected chi connectivity index (χ2v) is 3.98. The van der Waals surface area contributed by atoms with Crippen LogP contribution in [0.25, 0.3) is 0 Å². The van der Waals surface area contributed by atoms with Gasteiger partial charge in [0.15, 0.2) is 0 Å². The van der Waals surface area contributed by atoms with Crippen LogP contribution in [0.4, 0.5) is 18.9 Å². The Morgan fingerprint density at radius 3 is 2.45 bits per heavy atom. The van der Waals surface area contributed by atoms with Crippen molar-refractivity contribution in [1.82, 2.24) is 5.43 Å². The molecule has 0 fully saturated rings. The average molecular weight is 282 g/mol. The number of ether oxygens (including phenoxy) is 1. The Labute approximate surface area is 114 Å². The number of alkyl halides is 2. The molecule has 2 aromatic rings. The molecule has 0 unspecified atom stereocenters. The van der Waals surface area contributed by atoms with Crippen LogP contribution >= 0.6 is 0 Å². The summed E-state index contributed by atoms with van der Waals surface area (Å²) in [6.45, 7) is -2.76. The fourth-order valence-corrected chi connectivity index (χ4v) is 1.61. The van der Waals surface area contributed by atoms with Crippen LogP contribution in [0.3, 0.4) is 0 Å². The first-order valence-electron chi connectivity index (χ1n) is 5.92. The zero-order chi connectivity index (χ0) is 14.4. The van der Waals surface area contributed by atoms with Crippen molar-refractivity contribution >= 4 is 5.69 Å². The fraction of sp³-hybridized carbons (Fsp3) is 0.143. The molecule has 0 radical (unpaired) electrons. The lowest BCUT2D eigenvalue weighted by Crippen LogP contribution is -2.21. The maximum atomic E-state index is 13.6. The van der Waals surface area contributed by atoms with Crippen LogP contribution in [0.5, 0.6) is 5.75 Å². The lowest BCUT2D eigenvalue weighted by molar-refractivity contribution is -0.0500. The minimum Gasteiger partial charge on any atom is -0.435 e. The number of hydrogen-bond acceptors (Lipinski definition) is 3. The summed E-state index contributed by atoms with van der Waals surface area (Å²) in [4.78, 5) is 0. The minimum absolute atomic E-state index is 0.197. The molecule has 0 amide bonds. The van der Waals surface area contributed by atoms with Crippen molar-refractivity contribution in [3.8, 4) is 5.75 Å². The summed E-state index contributed by atoms with van der Waals surface area (Å²) in [5.41, 5.74) is 6.92. The largest absolute Gasteiger partial charge is 0.435 e. The van der Waals surface area contributed by atoms with Gasteiger partial charge >= 0.3 is 6.61 Å². The molecule has 0 spiro atoms. The van der Waals surface area contributed by atoms with Gasteiger partial charge in [-0.2, -0.15) is 8.78 Å². The molecule has 0 heterocycles. The number of para-hydroxylation sites is 1. The Morgan fingerprint density at radius 1 is 1.05 bits per heavy atom. The Hall–Kier alpha value is -2.21. The van der Waals surface area contributed by atoms with Crippen molar-refractivity contribution in [3.63, 3.8) is 0 Å². The van der Waals surface area contributed by atoms with Gasteiger partial charge in [0, 0.05) is 23.9 Å². The number of hydrogen-bond donors (Lipinski definition) is 2. The van der Waals surface area contributed by atoms with E-state index in [9.17, 15) is 13.2 Å². The molecule has 106 valence electrons. The number of rotatable bonds is 6. The van der Waals surface area contributed by atoms with E-state index in [2.05, 4.69) is 15.6 Å². The average Bonchev–Trinajstić information content (AvgIpc) is 2.42. The fourth-order valence-electron chi connectivity index (χ4n) is 1.61. The van der Waals surface area contributed by atoms with E-state index in [1.54, 1.807) is 0 Å². The highest BCUT2D eigenvalue weighted by molar-refractivity contribution is 5.41. The molecule has 2 N–H and O–H groups in total. The topological polar surface area (TPSA) is 33.3 Å². The molecule has 0 aromatic heterocycles. The Bertz CT molecular complexity index is 549. The number of nitrogens with one attached hydrogen (secondary N) is 2. The highest BCUT2D eigenvalue weighted by atomic mass is 19.3. The molecule has 2 aromatic carbocycles. The van der Waals surface area contributed by atoms with E-state index < -0.39 is 12.4 Å². The first-order chi connectivity index (χ1) is 9.65. The summed E-state index contributed by atoms with van der Waals surface area (Å²) in [6.07, 6.45) is 0. The third-order valence-corrected chi connectivity index (χ3v) is 2.54. The van der Waals surface area contributed by atoms with Crippen LogP contribution in [-0.2, 0) is 6.54 Å². The Morgan fingerprint density at radius 2 is 1.80 bits per heavy atom. The maximum absolute atomic E-state index is 13.6. The summed E-state index contributed by atoms with van der Waals surface area (Å²) in [6, 6.07) is 12.9. The molecular formula is C14H13F3N2O. The summed E-state index contributed by atoms with van der Waals surface area (Å²) in [5.74, 6) is -0.803. The number of halogens is 3. The van der Waals surface area contributed by atoms with Gasteiger partial charge in [-0.3, -0.25) is 0 Å². The van der Waals surface area contributed by atoms with Gasteiger partial charge < -0.3 is 10.2 Å².